The van der Waals surface area contributed by atoms with Crippen LogP contribution in [0.2, 0.25) is 0 Å². The first-order valence-electron chi connectivity index (χ1n) is 6.43. The van der Waals surface area contributed by atoms with Crippen LogP contribution in [0.25, 0.3) is 10.1 Å². The molecule has 2 aromatic rings. The van der Waals surface area contributed by atoms with E-state index in [-0.39, 0.29) is 15.4 Å². The summed E-state index contributed by atoms with van der Waals surface area (Å²) in [6.45, 7) is 5.59. The van der Waals surface area contributed by atoms with Gasteiger partial charge in [-0.25, -0.2) is 0 Å². The Morgan fingerprint density at radius 3 is 2.30 bits per heavy atom. The summed E-state index contributed by atoms with van der Waals surface area (Å²) >= 11 is 3.50. The van der Waals surface area contributed by atoms with Crippen LogP contribution in [0.4, 0.5) is 8.78 Å². The summed E-state index contributed by atoms with van der Waals surface area (Å²) in [7, 11) is -5.66. The Bertz CT molecular complexity index is 803. The number of amides is 1. The van der Waals surface area contributed by atoms with Gasteiger partial charge in [-0.05, 0) is 40.5 Å². The zero-order chi connectivity index (χ0) is 18.2. The lowest BCUT2D eigenvalue weighted by Crippen LogP contribution is -2.12. The quantitative estimate of drug-likeness (QED) is 0.632. The van der Waals surface area contributed by atoms with Crippen molar-refractivity contribution in [1.29, 1.82) is 0 Å². The van der Waals surface area contributed by atoms with Crippen LogP contribution in [-0.2, 0) is 10.2 Å². The fourth-order valence-electron chi connectivity index (χ4n) is 1.81. The number of hydrogen-bond donors (Lipinski definition) is 3. The van der Waals surface area contributed by atoms with Gasteiger partial charge in [0.15, 0.2) is 0 Å². The van der Waals surface area contributed by atoms with Gasteiger partial charge in [0.05, 0.1) is 0 Å². The van der Waals surface area contributed by atoms with Crippen LogP contribution in [0.3, 0.4) is 0 Å². The number of primary amides is 1. The smallest absolute Gasteiger partial charge is 0.366 e. The van der Waals surface area contributed by atoms with E-state index < -0.39 is 24.0 Å². The molecule has 0 fully saturated rings. The van der Waals surface area contributed by atoms with E-state index in [0.29, 0.717) is 21.6 Å². The maximum absolute atomic E-state index is 13.9. The molecular formula is C13H15BrF2NO4PS. The van der Waals surface area contributed by atoms with E-state index in [1.54, 1.807) is 6.92 Å². The summed E-state index contributed by atoms with van der Waals surface area (Å²) in [5, 5.41) is 0.261. The lowest BCUT2D eigenvalue weighted by molar-refractivity contribution is 0.0595. The zero-order valence-electron chi connectivity index (χ0n) is 12.4. The lowest BCUT2D eigenvalue weighted by atomic mass is 10.1. The highest BCUT2D eigenvalue weighted by Gasteiger charge is 2.53. The number of nitrogens with two attached hydrogens (primary N) is 1. The van der Waals surface area contributed by atoms with Crippen molar-refractivity contribution in [3.63, 3.8) is 0 Å². The number of fused-ring (bicyclic) bond motifs is 1. The van der Waals surface area contributed by atoms with E-state index in [1.807, 2.05) is 13.8 Å². The molecule has 2 rings (SSSR count). The van der Waals surface area contributed by atoms with Gasteiger partial charge in [0.25, 0.3) is 0 Å². The third-order valence-electron chi connectivity index (χ3n) is 2.84. The summed E-state index contributed by atoms with van der Waals surface area (Å²) in [5.41, 5.74) is 1.49. The minimum atomic E-state index is -5.66. The van der Waals surface area contributed by atoms with Gasteiger partial charge in [0.2, 0.25) is 5.91 Å². The molecule has 0 radical (unpaired) electrons. The van der Waals surface area contributed by atoms with Gasteiger partial charge in [-0.2, -0.15) is 8.78 Å². The van der Waals surface area contributed by atoms with Crippen molar-refractivity contribution in [3.05, 3.63) is 32.6 Å². The van der Waals surface area contributed by atoms with Crippen molar-refractivity contribution < 1.29 is 27.9 Å². The number of carbonyl (C=O) groups excluding carboxylic acids is 1. The molecule has 0 aliphatic heterocycles. The van der Waals surface area contributed by atoms with E-state index in [4.69, 9.17) is 15.5 Å². The second-order valence-electron chi connectivity index (χ2n) is 4.36. The van der Waals surface area contributed by atoms with Crippen LogP contribution in [-0.4, -0.2) is 15.7 Å². The Labute approximate surface area is 143 Å². The molecule has 1 heterocycles. The maximum Gasteiger partial charge on any atom is 0.400 e. The molecule has 5 nitrogen and oxygen atoms in total. The summed E-state index contributed by atoms with van der Waals surface area (Å²) in [6, 6.07) is 2.75. The van der Waals surface area contributed by atoms with Crippen molar-refractivity contribution in [3.8, 4) is 0 Å². The van der Waals surface area contributed by atoms with E-state index >= 15 is 0 Å². The standard InChI is InChI=1S/C11H9BrF2NO4PS.C2H6/c1-4-2-5(10(15)16)3-6-7(12)9(21-8(4)6)11(13,14)20(17,18)19;1-2/h2-3H,1H3,(H2,15,16)(H2,17,18,19);1-2H3. The molecule has 128 valence electrons. The number of carbonyl (C=O) groups is 1. The Morgan fingerprint density at radius 1 is 1.35 bits per heavy atom. The van der Waals surface area contributed by atoms with Crippen molar-refractivity contribution in [1.82, 2.24) is 0 Å². The highest BCUT2D eigenvalue weighted by atomic mass is 79.9. The largest absolute Gasteiger partial charge is 0.400 e. The molecule has 0 aliphatic carbocycles. The van der Waals surface area contributed by atoms with Gasteiger partial charge in [-0.1, -0.05) is 13.8 Å². The van der Waals surface area contributed by atoms with Crippen molar-refractivity contribution in [2.75, 3.05) is 0 Å². The first-order chi connectivity index (χ1) is 10.5. The highest BCUT2D eigenvalue weighted by Crippen LogP contribution is 2.63. The summed E-state index contributed by atoms with van der Waals surface area (Å²) in [6.07, 6.45) is 0. The number of thiophene rings is 1. The third kappa shape index (κ3) is 3.64. The molecular weight excluding hydrogens is 415 g/mol. The second kappa shape index (κ2) is 6.94. The number of halogens is 3. The molecule has 0 saturated heterocycles. The zero-order valence-corrected chi connectivity index (χ0v) is 15.7. The van der Waals surface area contributed by atoms with E-state index in [2.05, 4.69) is 15.9 Å². The molecule has 1 aromatic heterocycles. The maximum atomic E-state index is 13.9. The molecule has 0 saturated carbocycles. The minimum absolute atomic E-state index is 0.129. The fraction of sp³-hybridized carbons (Fsp3) is 0.308. The van der Waals surface area contributed by atoms with E-state index in [9.17, 15) is 18.1 Å². The molecule has 0 unspecified atom stereocenters. The van der Waals surface area contributed by atoms with E-state index in [1.165, 1.54) is 12.1 Å². The molecule has 10 heteroatoms. The fourth-order valence-corrected chi connectivity index (χ4v) is 4.79. The van der Waals surface area contributed by atoms with Crippen LogP contribution in [0.15, 0.2) is 16.6 Å². The van der Waals surface area contributed by atoms with Crippen LogP contribution < -0.4 is 5.73 Å². The first-order valence-corrected chi connectivity index (χ1v) is 9.65. The predicted octanol–water partition coefficient (Wildman–Crippen LogP) is 4.32. The summed E-state index contributed by atoms with van der Waals surface area (Å²) in [4.78, 5) is 28.1. The number of hydrogen-bond acceptors (Lipinski definition) is 3. The Hall–Kier alpha value is -0.860. The number of alkyl halides is 2. The molecule has 1 amide bonds. The monoisotopic (exact) mass is 429 g/mol. The Morgan fingerprint density at radius 2 is 1.87 bits per heavy atom. The van der Waals surface area contributed by atoms with Crippen molar-refractivity contribution in [2.24, 2.45) is 5.73 Å². The van der Waals surface area contributed by atoms with Crippen LogP contribution >= 0.6 is 34.9 Å². The first kappa shape index (κ1) is 20.2. The Kier molecular flexibility index (Phi) is 6.09. The van der Waals surface area contributed by atoms with Crippen LogP contribution in [0.1, 0.15) is 34.6 Å². The molecule has 0 aliphatic rings. The number of aryl methyl sites for hydroxylation is 1. The molecule has 4 N–H and O–H groups in total. The van der Waals surface area contributed by atoms with Crippen LogP contribution in [0, 0.1) is 6.92 Å². The van der Waals surface area contributed by atoms with Gasteiger partial charge in [-0.3, -0.25) is 9.36 Å². The molecule has 23 heavy (non-hydrogen) atoms. The normalized spacial score (nSPS) is 12.0. The molecule has 0 atom stereocenters. The van der Waals surface area contributed by atoms with Gasteiger partial charge < -0.3 is 15.5 Å². The van der Waals surface area contributed by atoms with E-state index in [0.717, 1.165) is 0 Å². The van der Waals surface area contributed by atoms with Gasteiger partial charge in [-0.15, -0.1) is 11.3 Å². The molecule has 0 spiro atoms. The lowest BCUT2D eigenvalue weighted by Gasteiger charge is -2.16. The van der Waals surface area contributed by atoms with Gasteiger partial charge >= 0.3 is 13.3 Å². The van der Waals surface area contributed by atoms with Crippen molar-refractivity contribution >= 4 is 50.9 Å². The minimum Gasteiger partial charge on any atom is -0.366 e. The van der Waals surface area contributed by atoms with Crippen LogP contribution in [0.5, 0.6) is 0 Å². The SMILES string of the molecule is CC.Cc1cc(C(N)=O)cc2c(Br)c(C(F)(F)P(=O)(O)O)sc12. The number of rotatable bonds is 3. The van der Waals surface area contributed by atoms with Crippen molar-refractivity contribution in [2.45, 2.75) is 26.4 Å². The second-order valence-corrected chi connectivity index (χ2v) is 7.83. The van der Waals surface area contributed by atoms with Gasteiger partial charge in [0, 0.05) is 20.1 Å². The van der Waals surface area contributed by atoms with Gasteiger partial charge in [0.1, 0.15) is 4.88 Å². The average Bonchev–Trinajstić information content (AvgIpc) is 2.78. The summed E-state index contributed by atoms with van der Waals surface area (Å²) in [5.74, 6) is -0.721. The molecule has 0 bridgehead atoms. The third-order valence-corrected chi connectivity index (χ3v) is 6.44. The molecule has 1 aromatic carbocycles. The highest BCUT2D eigenvalue weighted by molar-refractivity contribution is 9.10. The summed E-state index contributed by atoms with van der Waals surface area (Å²) < 4.78 is 39.0. The topological polar surface area (TPSA) is 101 Å². The Balaban J connectivity index is 0.00000127. The predicted molar refractivity (Wildman–Crippen MR) is 90.1 cm³/mol. The average molecular weight is 430 g/mol. The number of benzene rings is 1.